The number of carboxylic acids is 1. The van der Waals surface area contributed by atoms with Crippen molar-refractivity contribution in [3.05, 3.63) is 69.4 Å². The van der Waals surface area contributed by atoms with Crippen molar-refractivity contribution in [2.45, 2.75) is 20.0 Å². The van der Waals surface area contributed by atoms with E-state index in [0.29, 0.717) is 12.2 Å². The van der Waals surface area contributed by atoms with Crippen LogP contribution in [0.15, 0.2) is 41.5 Å². The monoisotopic (exact) mass is 270 g/mol. The summed E-state index contributed by atoms with van der Waals surface area (Å²) in [5, 5.41) is 12.7. The van der Waals surface area contributed by atoms with E-state index in [9.17, 15) is 9.90 Å². The van der Waals surface area contributed by atoms with E-state index in [2.05, 4.69) is 10.0 Å². The van der Waals surface area contributed by atoms with E-state index < -0.39 is 5.97 Å². The molecule has 20 heavy (non-hydrogen) atoms. The molecule has 0 spiro atoms. The third kappa shape index (κ3) is 2.81. The molecule has 1 aromatic carbocycles. The maximum absolute atomic E-state index is 11.3. The Balaban J connectivity index is 2.45. The van der Waals surface area contributed by atoms with Crippen molar-refractivity contribution in [3.8, 4) is 0 Å². The van der Waals surface area contributed by atoms with Gasteiger partial charge >= 0.3 is 5.97 Å². The molecule has 0 saturated carbocycles. The largest absolute Gasteiger partial charge is 0.478 e. The second kappa shape index (κ2) is 5.95. The van der Waals surface area contributed by atoms with Crippen LogP contribution in [0, 0.1) is 6.92 Å². The fourth-order valence-corrected chi connectivity index (χ4v) is 2.17. The molecule has 1 heterocycles. The van der Waals surface area contributed by atoms with Crippen LogP contribution in [0.2, 0.25) is 0 Å². The summed E-state index contributed by atoms with van der Waals surface area (Å²) < 4.78 is 1.87. The van der Waals surface area contributed by atoms with Crippen LogP contribution >= 0.6 is 0 Å². The van der Waals surface area contributed by atoms with Gasteiger partial charge in [-0.2, -0.15) is 0 Å². The van der Waals surface area contributed by atoms with Crippen molar-refractivity contribution >= 4 is 5.97 Å². The highest BCUT2D eigenvalue weighted by molar-refractivity contribution is 5.89. The molecule has 0 bridgehead atoms. The first kappa shape index (κ1) is 13.7. The van der Waals surface area contributed by atoms with Crippen LogP contribution in [0.4, 0.5) is 0 Å². The third-order valence-corrected chi connectivity index (χ3v) is 3.11. The van der Waals surface area contributed by atoms with Gasteiger partial charge in [-0.05, 0) is 24.1 Å². The molecule has 6 nitrogen and oxygen atoms in total. The predicted molar refractivity (Wildman–Crippen MR) is 74.5 cm³/mol. The topological polar surface area (TPSA) is 91.0 Å². The first-order valence-electron chi connectivity index (χ1n) is 6.10. The average molecular weight is 270 g/mol. The summed E-state index contributed by atoms with van der Waals surface area (Å²) in [5.74, 6) is -1.01. The molecule has 2 aromatic rings. The summed E-state index contributed by atoms with van der Waals surface area (Å²) in [6.07, 6.45) is 0. The lowest BCUT2D eigenvalue weighted by atomic mass is 10.2. The van der Waals surface area contributed by atoms with E-state index in [-0.39, 0.29) is 12.1 Å². The summed E-state index contributed by atoms with van der Waals surface area (Å²) >= 11 is 0. The minimum Gasteiger partial charge on any atom is -0.478 e. The maximum Gasteiger partial charge on any atom is 0.337 e. The van der Waals surface area contributed by atoms with Gasteiger partial charge in [0.15, 0.2) is 0 Å². The molecule has 2 rings (SSSR count). The molecule has 0 aliphatic heterocycles. The second-order valence-corrected chi connectivity index (χ2v) is 4.41. The van der Waals surface area contributed by atoms with Gasteiger partial charge in [0.2, 0.25) is 0 Å². The van der Waals surface area contributed by atoms with Gasteiger partial charge in [-0.3, -0.25) is 0 Å². The molecule has 0 atom stereocenters. The first-order valence-corrected chi connectivity index (χ1v) is 6.10. The van der Waals surface area contributed by atoms with Gasteiger partial charge in [-0.15, -0.1) is 0 Å². The van der Waals surface area contributed by atoms with E-state index in [1.807, 2.05) is 41.8 Å². The molecule has 0 aliphatic rings. The molecule has 102 valence electrons. The lowest BCUT2D eigenvalue weighted by Crippen LogP contribution is -2.08. The Morgan fingerprint density at radius 2 is 2.10 bits per heavy atom. The van der Waals surface area contributed by atoms with E-state index in [1.165, 1.54) is 0 Å². The van der Waals surface area contributed by atoms with E-state index >= 15 is 0 Å². The molecule has 1 aromatic heterocycles. The smallest absolute Gasteiger partial charge is 0.337 e. The van der Waals surface area contributed by atoms with E-state index in [0.717, 1.165) is 11.3 Å². The van der Waals surface area contributed by atoms with Gasteiger partial charge in [0.1, 0.15) is 0 Å². The number of carboxylic acid groups (broad SMARTS) is 1. The Kier molecular flexibility index (Phi) is 4.08. The quantitative estimate of drug-likeness (QED) is 0.512. The molecule has 6 heteroatoms. The molecular weight excluding hydrogens is 256 g/mol. The van der Waals surface area contributed by atoms with E-state index in [4.69, 9.17) is 5.53 Å². The number of aromatic nitrogens is 1. The van der Waals surface area contributed by atoms with Crippen LogP contribution in [0.1, 0.15) is 27.3 Å². The van der Waals surface area contributed by atoms with Gasteiger partial charge < -0.3 is 9.67 Å². The van der Waals surface area contributed by atoms with E-state index in [1.54, 1.807) is 6.07 Å². The Bertz CT molecular complexity index is 670. The number of nitrogens with zero attached hydrogens (tertiary/aromatic N) is 4. The number of azide groups is 1. The molecular formula is C14H14N4O2. The molecule has 1 N–H and O–H groups in total. The lowest BCUT2D eigenvalue weighted by Gasteiger charge is -2.11. The number of aromatic carboxylic acids is 1. The summed E-state index contributed by atoms with van der Waals surface area (Å²) in [6.45, 7) is 2.42. The van der Waals surface area contributed by atoms with Crippen molar-refractivity contribution in [1.29, 1.82) is 0 Å². The van der Waals surface area contributed by atoms with Crippen molar-refractivity contribution in [1.82, 2.24) is 4.57 Å². The molecule has 0 fully saturated rings. The Labute approximate surface area is 115 Å². The Hall–Kier alpha value is -2.72. The predicted octanol–water partition coefficient (Wildman–Crippen LogP) is 3.35. The van der Waals surface area contributed by atoms with Gasteiger partial charge in [0.05, 0.1) is 12.1 Å². The highest BCUT2D eigenvalue weighted by Gasteiger charge is 2.17. The molecule has 0 unspecified atom stereocenters. The summed E-state index contributed by atoms with van der Waals surface area (Å²) in [4.78, 5) is 14.0. The number of benzene rings is 1. The van der Waals surface area contributed by atoms with Gasteiger partial charge in [0, 0.05) is 22.8 Å². The lowest BCUT2D eigenvalue weighted by molar-refractivity contribution is 0.0695. The summed E-state index contributed by atoms with van der Waals surface area (Å²) in [7, 11) is 0. The summed E-state index contributed by atoms with van der Waals surface area (Å²) in [6, 6.07) is 11.3. The van der Waals surface area contributed by atoms with Gasteiger partial charge in [0.25, 0.3) is 0 Å². The number of hydrogen-bond donors (Lipinski definition) is 1. The Morgan fingerprint density at radius 1 is 1.40 bits per heavy atom. The SMILES string of the molecule is Cc1cc(C(=O)O)c(CN=[N+]=[N-])n1Cc1ccccc1. The summed E-state index contributed by atoms with van der Waals surface area (Å²) in [5.41, 5.74) is 11.0. The van der Waals surface area contributed by atoms with Gasteiger partial charge in [-0.25, -0.2) is 4.79 Å². The Morgan fingerprint density at radius 3 is 2.70 bits per heavy atom. The van der Waals surface area contributed by atoms with Crippen molar-refractivity contribution in [3.63, 3.8) is 0 Å². The van der Waals surface area contributed by atoms with Crippen LogP contribution in [-0.4, -0.2) is 15.6 Å². The highest BCUT2D eigenvalue weighted by atomic mass is 16.4. The second-order valence-electron chi connectivity index (χ2n) is 4.41. The minimum atomic E-state index is -1.01. The van der Waals surface area contributed by atoms with Crippen LogP contribution in [0.5, 0.6) is 0 Å². The number of hydrogen-bond acceptors (Lipinski definition) is 2. The molecule has 0 saturated heterocycles. The van der Waals surface area contributed by atoms with Crippen molar-refractivity contribution < 1.29 is 9.90 Å². The zero-order valence-corrected chi connectivity index (χ0v) is 11.0. The average Bonchev–Trinajstić information content (AvgIpc) is 2.75. The van der Waals surface area contributed by atoms with Crippen molar-refractivity contribution in [2.75, 3.05) is 0 Å². The number of rotatable bonds is 5. The molecule has 0 amide bonds. The minimum absolute atomic E-state index is 0.0266. The molecule has 0 aliphatic carbocycles. The number of carbonyl (C=O) groups is 1. The number of aryl methyl sites for hydroxylation is 1. The highest BCUT2D eigenvalue weighted by Crippen LogP contribution is 2.19. The first-order chi connectivity index (χ1) is 9.63. The van der Waals surface area contributed by atoms with Crippen LogP contribution in [0.3, 0.4) is 0 Å². The van der Waals surface area contributed by atoms with Crippen molar-refractivity contribution in [2.24, 2.45) is 5.11 Å². The van der Waals surface area contributed by atoms with Crippen LogP contribution in [0.25, 0.3) is 10.4 Å². The van der Waals surface area contributed by atoms with Gasteiger partial charge in [-0.1, -0.05) is 35.4 Å². The zero-order valence-electron chi connectivity index (χ0n) is 11.0. The normalized spacial score (nSPS) is 10.1. The fourth-order valence-electron chi connectivity index (χ4n) is 2.17. The third-order valence-electron chi connectivity index (χ3n) is 3.11. The maximum atomic E-state index is 11.3. The van der Waals surface area contributed by atoms with Crippen LogP contribution in [-0.2, 0) is 13.1 Å². The van der Waals surface area contributed by atoms with Crippen LogP contribution < -0.4 is 0 Å². The zero-order chi connectivity index (χ0) is 14.5. The fraction of sp³-hybridized carbons (Fsp3) is 0.214. The standard InChI is InChI=1S/C14H14N4O2/c1-10-7-12(14(19)20)13(8-16-17-15)18(10)9-11-5-3-2-4-6-11/h2-7H,8-9H2,1H3,(H,19,20). The molecule has 0 radical (unpaired) electrons.